The summed E-state index contributed by atoms with van der Waals surface area (Å²) in [7, 11) is 0. The fourth-order valence-electron chi connectivity index (χ4n) is 1.99. The summed E-state index contributed by atoms with van der Waals surface area (Å²) in [6.07, 6.45) is 4.73. The molecule has 0 aliphatic heterocycles. The van der Waals surface area contributed by atoms with Gasteiger partial charge < -0.3 is 5.32 Å². The van der Waals surface area contributed by atoms with Gasteiger partial charge in [-0.3, -0.25) is 0 Å². The lowest BCUT2D eigenvalue weighted by atomic mass is 10.0. The molecule has 3 nitrogen and oxygen atoms in total. The molecule has 1 aromatic rings. The molecule has 0 amide bonds. The van der Waals surface area contributed by atoms with Crippen LogP contribution in [0.4, 0.5) is 0 Å². The van der Waals surface area contributed by atoms with Gasteiger partial charge in [-0.1, -0.05) is 27.7 Å². The Morgan fingerprint density at radius 2 is 1.71 bits per heavy atom. The highest BCUT2D eigenvalue weighted by Crippen LogP contribution is 2.12. The Kier molecular flexibility index (Phi) is 6.12. The molecule has 0 aliphatic carbocycles. The average molecular weight is 235 g/mol. The van der Waals surface area contributed by atoms with E-state index in [1.165, 1.54) is 17.0 Å². The lowest BCUT2D eigenvalue weighted by molar-refractivity contribution is 0.552. The van der Waals surface area contributed by atoms with E-state index < -0.39 is 0 Å². The molecule has 0 unspecified atom stereocenters. The summed E-state index contributed by atoms with van der Waals surface area (Å²) in [5.74, 6) is 0.707. The Bertz CT molecular complexity index is 312. The molecule has 0 aliphatic rings. The molecule has 0 saturated carbocycles. The van der Waals surface area contributed by atoms with Crippen molar-refractivity contribution in [3.8, 4) is 0 Å². The van der Waals surface area contributed by atoms with Crippen LogP contribution < -0.4 is 5.32 Å². The number of hydrogen-bond donors (Lipinski definition) is 1. The number of aryl methyl sites for hydroxylation is 2. The van der Waals surface area contributed by atoms with Crippen LogP contribution in [0.25, 0.3) is 0 Å². The molecule has 0 spiro atoms. The number of rotatable bonds is 7. The third kappa shape index (κ3) is 4.43. The van der Waals surface area contributed by atoms with Gasteiger partial charge in [0, 0.05) is 11.4 Å². The highest BCUT2D eigenvalue weighted by atomic mass is 14.9. The second-order valence-electron chi connectivity index (χ2n) is 4.80. The molecule has 0 radical (unpaired) electrons. The smallest absolute Gasteiger partial charge is 0.115 e. The van der Waals surface area contributed by atoms with Crippen molar-refractivity contribution < 1.29 is 0 Å². The third-order valence-corrected chi connectivity index (χ3v) is 2.90. The first kappa shape index (κ1) is 14.1. The highest BCUT2D eigenvalue weighted by Gasteiger charge is 2.08. The molecule has 96 valence electrons. The number of nitrogens with zero attached hydrogens (tertiary/aromatic N) is 2. The maximum Gasteiger partial charge on any atom is 0.115 e. The third-order valence-electron chi connectivity index (χ3n) is 2.90. The predicted octanol–water partition coefficient (Wildman–Crippen LogP) is 2.39. The summed E-state index contributed by atoms with van der Waals surface area (Å²) in [5.41, 5.74) is 3.78. The number of hydrogen-bond acceptors (Lipinski definition) is 3. The molecule has 0 bridgehead atoms. The van der Waals surface area contributed by atoms with E-state index in [0.29, 0.717) is 5.92 Å². The van der Waals surface area contributed by atoms with E-state index in [1.807, 2.05) is 0 Å². The van der Waals surface area contributed by atoms with Gasteiger partial charge in [-0.05, 0) is 43.8 Å². The molecule has 1 rings (SSSR count). The second kappa shape index (κ2) is 7.38. The molecule has 17 heavy (non-hydrogen) atoms. The van der Waals surface area contributed by atoms with Gasteiger partial charge in [0.25, 0.3) is 0 Å². The van der Waals surface area contributed by atoms with Crippen LogP contribution in [-0.4, -0.2) is 23.1 Å². The molecular weight excluding hydrogens is 210 g/mol. The van der Waals surface area contributed by atoms with Gasteiger partial charge in [-0.2, -0.15) is 0 Å². The quantitative estimate of drug-likeness (QED) is 0.737. The molecule has 0 atom stereocenters. The molecule has 1 heterocycles. The maximum absolute atomic E-state index is 4.38. The van der Waals surface area contributed by atoms with Crippen molar-refractivity contribution >= 4 is 0 Å². The van der Waals surface area contributed by atoms with Crippen molar-refractivity contribution in [2.75, 3.05) is 13.1 Å². The minimum Gasteiger partial charge on any atom is -0.316 e. The number of nitrogens with one attached hydrogen (secondary N) is 1. The van der Waals surface area contributed by atoms with E-state index in [4.69, 9.17) is 0 Å². The van der Waals surface area contributed by atoms with Crippen LogP contribution in [0.2, 0.25) is 0 Å². The Balaban J connectivity index is 2.61. The summed E-state index contributed by atoms with van der Waals surface area (Å²) in [6.45, 7) is 10.9. The van der Waals surface area contributed by atoms with Crippen LogP contribution in [0.15, 0.2) is 6.33 Å². The van der Waals surface area contributed by atoms with Gasteiger partial charge in [0.05, 0.1) is 0 Å². The van der Waals surface area contributed by atoms with Crippen LogP contribution >= 0.6 is 0 Å². The van der Waals surface area contributed by atoms with Gasteiger partial charge in [-0.25, -0.2) is 9.97 Å². The van der Waals surface area contributed by atoms with Crippen LogP contribution in [0, 0.1) is 5.92 Å². The largest absolute Gasteiger partial charge is 0.316 e. The van der Waals surface area contributed by atoms with E-state index in [0.717, 1.165) is 32.4 Å². The van der Waals surface area contributed by atoms with Crippen LogP contribution in [-0.2, 0) is 19.3 Å². The van der Waals surface area contributed by atoms with E-state index in [9.17, 15) is 0 Å². The Hall–Kier alpha value is -0.960. The van der Waals surface area contributed by atoms with Gasteiger partial charge in [-0.15, -0.1) is 0 Å². The first-order valence-corrected chi connectivity index (χ1v) is 6.71. The van der Waals surface area contributed by atoms with Crippen molar-refractivity contribution in [2.24, 2.45) is 5.92 Å². The molecule has 0 saturated heterocycles. The van der Waals surface area contributed by atoms with Crippen LogP contribution in [0.5, 0.6) is 0 Å². The minimum absolute atomic E-state index is 0.707. The fourth-order valence-corrected chi connectivity index (χ4v) is 1.99. The fraction of sp³-hybridized carbons (Fsp3) is 0.714. The van der Waals surface area contributed by atoms with E-state index in [1.54, 1.807) is 6.33 Å². The second-order valence-corrected chi connectivity index (χ2v) is 4.80. The van der Waals surface area contributed by atoms with E-state index in [-0.39, 0.29) is 0 Å². The highest BCUT2D eigenvalue weighted by molar-refractivity contribution is 5.25. The average Bonchev–Trinajstić information content (AvgIpc) is 2.34. The molecule has 0 fully saturated rings. The predicted molar refractivity (Wildman–Crippen MR) is 72.2 cm³/mol. The zero-order chi connectivity index (χ0) is 12.7. The first-order chi connectivity index (χ1) is 8.19. The van der Waals surface area contributed by atoms with Crippen molar-refractivity contribution in [2.45, 2.75) is 47.0 Å². The standard InChI is InChI=1S/C14H25N3/c1-5-13-12(7-8-15-9-11(3)4)14(6-2)17-10-16-13/h10-11,15H,5-9H2,1-4H3. The first-order valence-electron chi connectivity index (χ1n) is 6.71. The lowest BCUT2D eigenvalue weighted by Crippen LogP contribution is -2.23. The summed E-state index contributed by atoms with van der Waals surface area (Å²) in [4.78, 5) is 8.76. The lowest BCUT2D eigenvalue weighted by Gasteiger charge is -2.12. The minimum atomic E-state index is 0.707. The summed E-state index contributed by atoms with van der Waals surface area (Å²) < 4.78 is 0. The SMILES string of the molecule is CCc1ncnc(CC)c1CCNCC(C)C. The van der Waals surface area contributed by atoms with Crippen LogP contribution in [0.1, 0.15) is 44.6 Å². The van der Waals surface area contributed by atoms with Gasteiger partial charge >= 0.3 is 0 Å². The Morgan fingerprint density at radius 3 is 2.18 bits per heavy atom. The zero-order valence-electron chi connectivity index (χ0n) is 11.6. The Labute approximate surface area is 105 Å². The van der Waals surface area contributed by atoms with E-state index >= 15 is 0 Å². The van der Waals surface area contributed by atoms with Crippen LogP contribution in [0.3, 0.4) is 0 Å². The molecular formula is C14H25N3. The molecule has 0 aromatic carbocycles. The Morgan fingerprint density at radius 1 is 1.12 bits per heavy atom. The summed E-state index contributed by atoms with van der Waals surface area (Å²) >= 11 is 0. The van der Waals surface area contributed by atoms with Crippen molar-refractivity contribution in [3.05, 3.63) is 23.3 Å². The normalized spacial score (nSPS) is 11.1. The summed E-state index contributed by atoms with van der Waals surface area (Å²) in [6, 6.07) is 0. The van der Waals surface area contributed by atoms with Crippen molar-refractivity contribution in [1.82, 2.24) is 15.3 Å². The van der Waals surface area contributed by atoms with E-state index in [2.05, 4.69) is 43.0 Å². The van der Waals surface area contributed by atoms with Gasteiger partial charge in [0.15, 0.2) is 0 Å². The van der Waals surface area contributed by atoms with Gasteiger partial charge in [0.2, 0.25) is 0 Å². The van der Waals surface area contributed by atoms with Crippen molar-refractivity contribution in [1.29, 1.82) is 0 Å². The monoisotopic (exact) mass is 235 g/mol. The topological polar surface area (TPSA) is 37.8 Å². The van der Waals surface area contributed by atoms with Crippen molar-refractivity contribution in [3.63, 3.8) is 0 Å². The maximum atomic E-state index is 4.38. The summed E-state index contributed by atoms with van der Waals surface area (Å²) in [5, 5.41) is 3.48. The molecule has 1 N–H and O–H groups in total. The van der Waals surface area contributed by atoms with Gasteiger partial charge in [0.1, 0.15) is 6.33 Å². The molecule has 3 heteroatoms. The number of aromatic nitrogens is 2. The molecule has 1 aromatic heterocycles. The zero-order valence-corrected chi connectivity index (χ0v) is 11.6.